The van der Waals surface area contributed by atoms with Crippen LogP contribution in [0, 0.1) is 10.8 Å². The first-order valence-corrected chi connectivity index (χ1v) is 7.46. The van der Waals surface area contributed by atoms with Crippen molar-refractivity contribution in [2.45, 2.75) is 80.4 Å². The standard InChI is InChI=1S/C16H35NO/c1-9-17-13(11-12-15(3,4)5)14(18-10-2)16(6,7)8/h13-14,17H,9-12H2,1-8H3. The predicted octanol–water partition coefficient (Wildman–Crippen LogP) is 4.24. The number of hydrogen-bond donors (Lipinski definition) is 1. The van der Waals surface area contributed by atoms with Gasteiger partial charge in [0.15, 0.2) is 0 Å². The van der Waals surface area contributed by atoms with Crippen LogP contribution in [0.1, 0.15) is 68.2 Å². The summed E-state index contributed by atoms with van der Waals surface area (Å²) in [5.41, 5.74) is 0.572. The van der Waals surface area contributed by atoms with Gasteiger partial charge in [-0.05, 0) is 37.1 Å². The number of likely N-dealkylation sites (N-methyl/N-ethyl adjacent to an activating group) is 1. The number of hydrogen-bond acceptors (Lipinski definition) is 2. The smallest absolute Gasteiger partial charge is 0.0775 e. The molecule has 110 valence electrons. The Morgan fingerprint density at radius 2 is 1.56 bits per heavy atom. The molecule has 0 saturated carbocycles. The molecule has 0 saturated heterocycles. The summed E-state index contributed by atoms with van der Waals surface area (Å²) in [5.74, 6) is 0. The summed E-state index contributed by atoms with van der Waals surface area (Å²) in [6, 6.07) is 0.453. The molecule has 0 heterocycles. The lowest BCUT2D eigenvalue weighted by atomic mass is 9.80. The molecule has 2 heteroatoms. The third kappa shape index (κ3) is 7.38. The summed E-state index contributed by atoms with van der Waals surface area (Å²) in [5, 5.41) is 3.62. The Morgan fingerprint density at radius 3 is 1.89 bits per heavy atom. The molecule has 0 rings (SSSR count). The van der Waals surface area contributed by atoms with E-state index in [9.17, 15) is 0 Å². The first-order valence-electron chi connectivity index (χ1n) is 7.46. The Balaban J connectivity index is 4.70. The summed E-state index contributed by atoms with van der Waals surface area (Å²) in [6.07, 6.45) is 2.69. The van der Waals surface area contributed by atoms with Gasteiger partial charge in [0.25, 0.3) is 0 Å². The lowest BCUT2D eigenvalue weighted by molar-refractivity contribution is -0.0388. The van der Waals surface area contributed by atoms with E-state index >= 15 is 0 Å². The molecule has 1 N–H and O–H groups in total. The summed E-state index contributed by atoms with van der Waals surface area (Å²) in [6.45, 7) is 19.8. The van der Waals surface area contributed by atoms with E-state index < -0.39 is 0 Å². The quantitative estimate of drug-likeness (QED) is 0.736. The van der Waals surface area contributed by atoms with Gasteiger partial charge < -0.3 is 10.1 Å². The first kappa shape index (κ1) is 17.9. The normalized spacial score (nSPS) is 16.7. The minimum Gasteiger partial charge on any atom is -0.376 e. The van der Waals surface area contributed by atoms with Crippen molar-refractivity contribution in [3.8, 4) is 0 Å². The van der Waals surface area contributed by atoms with Crippen LogP contribution in [0.2, 0.25) is 0 Å². The van der Waals surface area contributed by atoms with Gasteiger partial charge in [0, 0.05) is 12.6 Å². The molecular weight excluding hydrogens is 222 g/mol. The Kier molecular flexibility index (Phi) is 7.46. The molecule has 0 aliphatic heterocycles. The van der Waals surface area contributed by atoms with Crippen molar-refractivity contribution in [2.75, 3.05) is 13.2 Å². The van der Waals surface area contributed by atoms with Gasteiger partial charge in [-0.2, -0.15) is 0 Å². The van der Waals surface area contributed by atoms with Gasteiger partial charge in [-0.3, -0.25) is 0 Å². The van der Waals surface area contributed by atoms with Gasteiger partial charge in [0.05, 0.1) is 6.10 Å². The lowest BCUT2D eigenvalue weighted by Crippen LogP contribution is -2.48. The summed E-state index contributed by atoms with van der Waals surface area (Å²) >= 11 is 0. The lowest BCUT2D eigenvalue weighted by Gasteiger charge is -2.38. The van der Waals surface area contributed by atoms with Crippen molar-refractivity contribution in [1.29, 1.82) is 0 Å². The molecule has 2 atom stereocenters. The molecular formula is C16H35NO. The van der Waals surface area contributed by atoms with Crippen LogP contribution in [0.4, 0.5) is 0 Å². The maximum atomic E-state index is 6.02. The molecule has 18 heavy (non-hydrogen) atoms. The van der Waals surface area contributed by atoms with E-state index in [1.165, 1.54) is 12.8 Å². The fourth-order valence-corrected chi connectivity index (χ4v) is 2.36. The van der Waals surface area contributed by atoms with Crippen LogP contribution in [-0.2, 0) is 4.74 Å². The van der Waals surface area contributed by atoms with E-state index in [1.54, 1.807) is 0 Å². The zero-order valence-corrected chi connectivity index (χ0v) is 13.9. The number of rotatable bonds is 7. The van der Waals surface area contributed by atoms with Gasteiger partial charge in [-0.15, -0.1) is 0 Å². The SMILES string of the molecule is CCNC(CCC(C)(C)C)C(OCC)C(C)(C)C. The molecule has 0 aliphatic carbocycles. The second-order valence-corrected chi connectivity index (χ2v) is 7.51. The maximum Gasteiger partial charge on any atom is 0.0775 e. The molecule has 0 spiro atoms. The average Bonchev–Trinajstić information content (AvgIpc) is 2.18. The minimum absolute atomic E-state index is 0.181. The van der Waals surface area contributed by atoms with Crippen molar-refractivity contribution < 1.29 is 4.74 Å². The largest absolute Gasteiger partial charge is 0.376 e. The Bertz CT molecular complexity index is 212. The average molecular weight is 257 g/mol. The third-order valence-electron chi connectivity index (χ3n) is 3.24. The van der Waals surface area contributed by atoms with Crippen LogP contribution in [0.25, 0.3) is 0 Å². The van der Waals surface area contributed by atoms with Crippen molar-refractivity contribution >= 4 is 0 Å². The van der Waals surface area contributed by atoms with E-state index in [4.69, 9.17) is 4.74 Å². The van der Waals surface area contributed by atoms with Crippen LogP contribution in [0.5, 0.6) is 0 Å². The van der Waals surface area contributed by atoms with Crippen LogP contribution >= 0.6 is 0 Å². The summed E-state index contributed by atoms with van der Waals surface area (Å²) < 4.78 is 6.02. The van der Waals surface area contributed by atoms with Crippen LogP contribution in [0.3, 0.4) is 0 Å². The zero-order valence-electron chi connectivity index (χ0n) is 13.9. The molecule has 0 aromatic rings. The van der Waals surface area contributed by atoms with E-state index in [0.717, 1.165) is 13.2 Å². The van der Waals surface area contributed by atoms with Gasteiger partial charge in [-0.1, -0.05) is 48.5 Å². The van der Waals surface area contributed by atoms with E-state index in [0.29, 0.717) is 11.5 Å². The number of nitrogens with one attached hydrogen (secondary N) is 1. The molecule has 0 amide bonds. The highest BCUT2D eigenvalue weighted by Crippen LogP contribution is 2.30. The van der Waals surface area contributed by atoms with Crippen LogP contribution in [0.15, 0.2) is 0 Å². The Hall–Kier alpha value is -0.0800. The van der Waals surface area contributed by atoms with Crippen molar-refractivity contribution in [3.05, 3.63) is 0 Å². The zero-order chi connectivity index (χ0) is 14.4. The van der Waals surface area contributed by atoms with Gasteiger partial charge in [-0.25, -0.2) is 0 Å². The van der Waals surface area contributed by atoms with Gasteiger partial charge >= 0.3 is 0 Å². The molecule has 0 fully saturated rings. The van der Waals surface area contributed by atoms with E-state index in [1.807, 2.05) is 0 Å². The monoisotopic (exact) mass is 257 g/mol. The van der Waals surface area contributed by atoms with Crippen molar-refractivity contribution in [2.24, 2.45) is 10.8 Å². The topological polar surface area (TPSA) is 21.3 Å². The van der Waals surface area contributed by atoms with Crippen molar-refractivity contribution in [3.63, 3.8) is 0 Å². The molecule has 2 unspecified atom stereocenters. The molecule has 0 aromatic heterocycles. The van der Waals surface area contributed by atoms with Crippen LogP contribution < -0.4 is 5.32 Å². The highest BCUT2D eigenvalue weighted by molar-refractivity contribution is 4.87. The molecule has 0 aromatic carbocycles. The fraction of sp³-hybridized carbons (Fsp3) is 1.00. The van der Waals surface area contributed by atoms with Gasteiger partial charge in [0.1, 0.15) is 0 Å². The van der Waals surface area contributed by atoms with E-state index in [-0.39, 0.29) is 11.5 Å². The second kappa shape index (κ2) is 7.49. The van der Waals surface area contributed by atoms with Gasteiger partial charge in [0.2, 0.25) is 0 Å². The maximum absolute atomic E-state index is 6.02. The molecule has 2 nitrogen and oxygen atoms in total. The second-order valence-electron chi connectivity index (χ2n) is 7.51. The molecule has 0 bridgehead atoms. The van der Waals surface area contributed by atoms with E-state index in [2.05, 4.69) is 60.7 Å². The van der Waals surface area contributed by atoms with Crippen molar-refractivity contribution in [1.82, 2.24) is 5.32 Å². The highest BCUT2D eigenvalue weighted by atomic mass is 16.5. The summed E-state index contributed by atoms with van der Waals surface area (Å²) in [4.78, 5) is 0. The third-order valence-corrected chi connectivity index (χ3v) is 3.24. The Labute approximate surface area is 115 Å². The summed E-state index contributed by atoms with van der Waals surface area (Å²) in [7, 11) is 0. The highest BCUT2D eigenvalue weighted by Gasteiger charge is 2.32. The first-order chi connectivity index (χ1) is 8.11. The Morgan fingerprint density at radius 1 is 1.00 bits per heavy atom. The predicted molar refractivity (Wildman–Crippen MR) is 81.0 cm³/mol. The minimum atomic E-state index is 0.181. The van der Waals surface area contributed by atoms with Crippen LogP contribution in [-0.4, -0.2) is 25.3 Å². The fourth-order valence-electron chi connectivity index (χ4n) is 2.36. The molecule has 0 radical (unpaired) electrons. The number of ether oxygens (including phenoxy) is 1. The molecule has 0 aliphatic rings.